The molecule has 0 saturated carbocycles. The van der Waals surface area contributed by atoms with E-state index >= 15 is 0 Å². The minimum absolute atomic E-state index is 0.0499. The van der Waals surface area contributed by atoms with Crippen LogP contribution in [0, 0.1) is 0 Å². The molecule has 0 atom stereocenters. The van der Waals surface area contributed by atoms with Gasteiger partial charge in [-0.15, -0.1) is 0 Å². The Bertz CT molecular complexity index is 676. The zero-order valence-corrected chi connectivity index (χ0v) is 15.5. The lowest BCUT2D eigenvalue weighted by Gasteiger charge is -2.14. The van der Waals surface area contributed by atoms with Gasteiger partial charge in [0.25, 0.3) is 0 Å². The van der Waals surface area contributed by atoms with Crippen LogP contribution in [0.1, 0.15) is 12.0 Å². The Morgan fingerprint density at radius 1 is 1.00 bits per heavy atom. The molecule has 0 aliphatic rings. The van der Waals surface area contributed by atoms with E-state index in [1.165, 1.54) is 0 Å². The molecule has 1 N–H and O–H groups in total. The molecule has 0 fully saturated rings. The Morgan fingerprint density at radius 2 is 1.58 bits per heavy atom. The van der Waals surface area contributed by atoms with Gasteiger partial charge in [0.2, 0.25) is 11.7 Å². The van der Waals surface area contributed by atoms with E-state index < -0.39 is 0 Å². The third-order valence-corrected chi connectivity index (χ3v) is 4.02. The van der Waals surface area contributed by atoms with Crippen molar-refractivity contribution < 1.29 is 19.0 Å². The summed E-state index contributed by atoms with van der Waals surface area (Å²) in [5, 5.41) is 2.87. The summed E-state index contributed by atoms with van der Waals surface area (Å²) in [4.78, 5) is 12.1. The molecule has 5 nitrogen and oxygen atoms in total. The van der Waals surface area contributed by atoms with Crippen LogP contribution in [0.4, 0.5) is 5.69 Å². The molecule has 0 aromatic heterocycles. The highest BCUT2D eigenvalue weighted by molar-refractivity contribution is 9.10. The molecule has 0 radical (unpaired) electrons. The summed E-state index contributed by atoms with van der Waals surface area (Å²) in [6.07, 6.45) is 0.924. The molecule has 1 amide bonds. The average Bonchev–Trinajstić information content (AvgIpc) is 2.60. The molecular formula is C18H20BrNO4. The number of methoxy groups -OCH3 is 3. The first kappa shape index (κ1) is 18.1. The third kappa shape index (κ3) is 4.64. The summed E-state index contributed by atoms with van der Waals surface area (Å²) in [5.41, 5.74) is 1.71. The quantitative estimate of drug-likeness (QED) is 0.770. The van der Waals surface area contributed by atoms with Gasteiger partial charge < -0.3 is 19.5 Å². The number of nitrogens with one attached hydrogen (secondary N) is 1. The number of carbonyl (C=O) groups excluding carboxylic acids is 1. The van der Waals surface area contributed by atoms with Crippen molar-refractivity contribution in [2.45, 2.75) is 12.8 Å². The van der Waals surface area contributed by atoms with Gasteiger partial charge in [0.05, 0.1) is 21.3 Å². The molecule has 128 valence electrons. The molecule has 6 heteroatoms. The minimum Gasteiger partial charge on any atom is -0.493 e. The summed E-state index contributed by atoms with van der Waals surface area (Å²) >= 11 is 3.37. The molecule has 2 aromatic carbocycles. The van der Waals surface area contributed by atoms with Gasteiger partial charge in [-0.05, 0) is 48.4 Å². The molecule has 0 heterocycles. The van der Waals surface area contributed by atoms with E-state index in [0.717, 1.165) is 15.7 Å². The monoisotopic (exact) mass is 393 g/mol. The van der Waals surface area contributed by atoms with E-state index in [4.69, 9.17) is 14.2 Å². The van der Waals surface area contributed by atoms with Crippen LogP contribution in [0.15, 0.2) is 40.9 Å². The number of aryl methyl sites for hydroxylation is 1. The Morgan fingerprint density at radius 3 is 2.08 bits per heavy atom. The Balaban J connectivity index is 2.03. The summed E-state index contributed by atoms with van der Waals surface area (Å²) in [6, 6.07) is 11.2. The predicted octanol–water partition coefficient (Wildman–Crippen LogP) is 4.05. The van der Waals surface area contributed by atoms with Crippen molar-refractivity contribution in [1.82, 2.24) is 0 Å². The van der Waals surface area contributed by atoms with Gasteiger partial charge in [0, 0.05) is 16.6 Å². The highest BCUT2D eigenvalue weighted by Crippen LogP contribution is 2.38. The number of rotatable bonds is 7. The van der Waals surface area contributed by atoms with Crippen molar-refractivity contribution in [2.24, 2.45) is 0 Å². The molecule has 0 aliphatic heterocycles. The molecule has 0 unspecified atom stereocenters. The molecule has 24 heavy (non-hydrogen) atoms. The van der Waals surface area contributed by atoms with Crippen LogP contribution in [0.2, 0.25) is 0 Å². The van der Waals surface area contributed by atoms with Crippen molar-refractivity contribution in [1.29, 1.82) is 0 Å². The fourth-order valence-corrected chi connectivity index (χ4v) is 2.56. The minimum atomic E-state index is -0.0499. The topological polar surface area (TPSA) is 56.8 Å². The molecule has 0 aliphatic carbocycles. The van der Waals surface area contributed by atoms with Crippen LogP contribution in [0.3, 0.4) is 0 Å². The summed E-state index contributed by atoms with van der Waals surface area (Å²) < 4.78 is 16.9. The highest BCUT2D eigenvalue weighted by Gasteiger charge is 2.14. The number of hydrogen-bond acceptors (Lipinski definition) is 4. The van der Waals surface area contributed by atoms with Crippen molar-refractivity contribution in [2.75, 3.05) is 26.6 Å². The van der Waals surface area contributed by atoms with Gasteiger partial charge in [-0.25, -0.2) is 0 Å². The normalized spacial score (nSPS) is 10.2. The Hall–Kier alpha value is -2.21. The third-order valence-electron chi connectivity index (χ3n) is 3.49. The van der Waals surface area contributed by atoms with Crippen LogP contribution in [-0.4, -0.2) is 27.2 Å². The van der Waals surface area contributed by atoms with Crippen molar-refractivity contribution in [3.05, 3.63) is 46.4 Å². The lowest BCUT2D eigenvalue weighted by molar-refractivity contribution is -0.116. The summed E-state index contributed by atoms with van der Waals surface area (Å²) in [5.74, 6) is 1.66. The van der Waals surface area contributed by atoms with Crippen LogP contribution >= 0.6 is 15.9 Å². The highest BCUT2D eigenvalue weighted by atomic mass is 79.9. The number of amides is 1. The lowest BCUT2D eigenvalue weighted by Crippen LogP contribution is -2.12. The molecule has 0 saturated heterocycles. The number of carbonyl (C=O) groups is 1. The Labute approximate surface area is 150 Å². The van der Waals surface area contributed by atoms with Gasteiger partial charge in [0.1, 0.15) is 0 Å². The molecular weight excluding hydrogens is 374 g/mol. The van der Waals surface area contributed by atoms with E-state index in [1.54, 1.807) is 21.3 Å². The number of anilines is 1. The molecule has 0 spiro atoms. The van der Waals surface area contributed by atoms with Gasteiger partial charge in [-0.2, -0.15) is 0 Å². The molecule has 0 bridgehead atoms. The van der Waals surface area contributed by atoms with Crippen molar-refractivity contribution in [3.63, 3.8) is 0 Å². The standard InChI is InChI=1S/C18H20BrNO4/c1-22-15-10-12(11-16(23-2)18(15)24-3)4-9-17(21)20-14-7-5-13(19)6-8-14/h5-8,10-11H,4,9H2,1-3H3,(H,20,21). The van der Waals surface area contributed by atoms with Crippen molar-refractivity contribution in [3.8, 4) is 17.2 Å². The van der Waals surface area contributed by atoms with Crippen LogP contribution in [-0.2, 0) is 11.2 Å². The van der Waals surface area contributed by atoms with Crippen LogP contribution in [0.5, 0.6) is 17.2 Å². The largest absolute Gasteiger partial charge is 0.493 e. The summed E-state index contributed by atoms with van der Waals surface area (Å²) in [7, 11) is 4.70. The smallest absolute Gasteiger partial charge is 0.224 e. The number of halogens is 1. The van der Waals surface area contributed by atoms with Gasteiger partial charge in [0.15, 0.2) is 11.5 Å². The first-order valence-electron chi connectivity index (χ1n) is 7.41. The fourth-order valence-electron chi connectivity index (χ4n) is 2.29. The van der Waals surface area contributed by atoms with Gasteiger partial charge >= 0.3 is 0 Å². The van der Waals surface area contributed by atoms with E-state index in [1.807, 2.05) is 36.4 Å². The Kier molecular flexibility index (Phi) is 6.49. The van der Waals surface area contributed by atoms with Crippen LogP contribution in [0.25, 0.3) is 0 Å². The zero-order valence-electron chi connectivity index (χ0n) is 13.9. The number of benzene rings is 2. The second kappa shape index (κ2) is 8.59. The summed E-state index contributed by atoms with van der Waals surface area (Å²) in [6.45, 7) is 0. The first-order chi connectivity index (χ1) is 11.6. The molecule has 2 rings (SSSR count). The fraction of sp³-hybridized carbons (Fsp3) is 0.278. The van der Waals surface area contributed by atoms with E-state index in [2.05, 4.69) is 21.2 Å². The predicted molar refractivity (Wildman–Crippen MR) is 97.2 cm³/mol. The molecule has 2 aromatic rings. The SMILES string of the molecule is COc1cc(CCC(=O)Nc2ccc(Br)cc2)cc(OC)c1OC. The van der Waals surface area contributed by atoms with Crippen LogP contribution < -0.4 is 19.5 Å². The van der Waals surface area contributed by atoms with Gasteiger partial charge in [-0.3, -0.25) is 4.79 Å². The second-order valence-corrected chi connectivity index (χ2v) is 6.00. The second-order valence-electron chi connectivity index (χ2n) is 5.09. The van der Waals surface area contributed by atoms with E-state index in [0.29, 0.717) is 30.1 Å². The maximum atomic E-state index is 12.1. The van der Waals surface area contributed by atoms with E-state index in [9.17, 15) is 4.79 Å². The zero-order chi connectivity index (χ0) is 17.5. The van der Waals surface area contributed by atoms with Crippen molar-refractivity contribution >= 4 is 27.5 Å². The number of hydrogen-bond donors (Lipinski definition) is 1. The van der Waals surface area contributed by atoms with Gasteiger partial charge in [-0.1, -0.05) is 15.9 Å². The maximum absolute atomic E-state index is 12.1. The first-order valence-corrected chi connectivity index (χ1v) is 8.21. The number of ether oxygens (including phenoxy) is 3. The van der Waals surface area contributed by atoms with E-state index in [-0.39, 0.29) is 5.91 Å². The maximum Gasteiger partial charge on any atom is 0.224 e. The lowest BCUT2D eigenvalue weighted by atomic mass is 10.1. The average molecular weight is 394 g/mol.